The maximum Gasteiger partial charge on any atom is 0.222 e. The van der Waals surface area contributed by atoms with Gasteiger partial charge in [0.15, 0.2) is 0 Å². The minimum atomic E-state index is -0.0188. The third kappa shape index (κ3) is 2.96. The maximum absolute atomic E-state index is 8.98. The molecule has 0 aliphatic heterocycles. The molecule has 0 spiro atoms. The minimum absolute atomic E-state index is 0.0188. The third-order valence-electron chi connectivity index (χ3n) is 2.30. The van der Waals surface area contributed by atoms with Gasteiger partial charge in [-0.2, -0.15) is 0 Å². The normalized spacial score (nSPS) is 10.3. The van der Waals surface area contributed by atoms with Crippen LogP contribution in [-0.2, 0) is 6.61 Å². The van der Waals surface area contributed by atoms with Crippen molar-refractivity contribution < 1.29 is 9.84 Å². The maximum atomic E-state index is 8.98. The highest BCUT2D eigenvalue weighted by Crippen LogP contribution is 2.24. The number of halogens is 1. The molecule has 4 heteroatoms. The van der Waals surface area contributed by atoms with Gasteiger partial charge in [-0.25, -0.2) is 4.98 Å². The Morgan fingerprint density at radius 2 is 2.00 bits per heavy atom. The van der Waals surface area contributed by atoms with Crippen molar-refractivity contribution >= 4 is 11.6 Å². The number of aliphatic hydroxyl groups excluding tert-OH is 1. The highest BCUT2D eigenvalue weighted by atomic mass is 35.5. The summed E-state index contributed by atoms with van der Waals surface area (Å²) >= 11 is 5.79. The van der Waals surface area contributed by atoms with Crippen LogP contribution in [0.5, 0.6) is 11.6 Å². The summed E-state index contributed by atoms with van der Waals surface area (Å²) in [6.45, 7) is 1.87. The average molecular weight is 250 g/mol. The van der Waals surface area contributed by atoms with Crippen molar-refractivity contribution in [1.29, 1.82) is 0 Å². The molecule has 3 nitrogen and oxygen atoms in total. The molecule has 0 aliphatic rings. The molecule has 1 heterocycles. The van der Waals surface area contributed by atoms with Gasteiger partial charge in [0.25, 0.3) is 0 Å². The lowest BCUT2D eigenvalue weighted by Crippen LogP contribution is -1.93. The zero-order valence-corrected chi connectivity index (χ0v) is 10.1. The van der Waals surface area contributed by atoms with Gasteiger partial charge in [0, 0.05) is 16.8 Å². The minimum Gasteiger partial charge on any atom is -0.439 e. The molecule has 1 N–H and O–H groups in total. The van der Waals surface area contributed by atoms with E-state index >= 15 is 0 Å². The van der Waals surface area contributed by atoms with Crippen molar-refractivity contribution in [2.75, 3.05) is 0 Å². The SMILES string of the molecule is Cc1cc(CO)cnc1Oc1ccc(Cl)cc1. The van der Waals surface area contributed by atoms with E-state index < -0.39 is 0 Å². The van der Waals surface area contributed by atoms with Crippen LogP contribution >= 0.6 is 11.6 Å². The van der Waals surface area contributed by atoms with Crippen LogP contribution in [0.4, 0.5) is 0 Å². The summed E-state index contributed by atoms with van der Waals surface area (Å²) in [7, 11) is 0. The average Bonchev–Trinajstić information content (AvgIpc) is 2.34. The van der Waals surface area contributed by atoms with E-state index in [9.17, 15) is 0 Å². The van der Waals surface area contributed by atoms with Gasteiger partial charge in [0.05, 0.1) is 6.61 Å². The van der Waals surface area contributed by atoms with E-state index in [1.165, 1.54) is 0 Å². The lowest BCUT2D eigenvalue weighted by molar-refractivity contribution is 0.281. The van der Waals surface area contributed by atoms with E-state index in [-0.39, 0.29) is 6.61 Å². The van der Waals surface area contributed by atoms with Crippen LogP contribution in [0.3, 0.4) is 0 Å². The summed E-state index contributed by atoms with van der Waals surface area (Å²) in [6.07, 6.45) is 1.60. The first-order valence-electron chi connectivity index (χ1n) is 5.19. The summed E-state index contributed by atoms with van der Waals surface area (Å²) in [5, 5.41) is 9.64. The van der Waals surface area contributed by atoms with Gasteiger partial charge < -0.3 is 9.84 Å². The molecule has 0 aliphatic carbocycles. The number of hydrogen-bond donors (Lipinski definition) is 1. The second-order valence-electron chi connectivity index (χ2n) is 3.68. The monoisotopic (exact) mass is 249 g/mol. The predicted octanol–water partition coefficient (Wildman–Crippen LogP) is 3.33. The highest BCUT2D eigenvalue weighted by molar-refractivity contribution is 6.30. The summed E-state index contributed by atoms with van der Waals surface area (Å²) < 4.78 is 5.61. The molecule has 0 radical (unpaired) electrons. The Kier molecular flexibility index (Phi) is 3.61. The first-order valence-corrected chi connectivity index (χ1v) is 5.56. The Bertz CT molecular complexity index is 511. The third-order valence-corrected chi connectivity index (χ3v) is 2.55. The van der Waals surface area contributed by atoms with Crippen LogP contribution in [0.15, 0.2) is 36.5 Å². The fourth-order valence-corrected chi connectivity index (χ4v) is 1.55. The Morgan fingerprint density at radius 3 is 2.59 bits per heavy atom. The molecule has 0 bridgehead atoms. The number of aryl methyl sites for hydroxylation is 1. The number of ether oxygens (including phenoxy) is 1. The van der Waals surface area contributed by atoms with Crippen molar-refractivity contribution in [2.45, 2.75) is 13.5 Å². The molecule has 2 rings (SSSR count). The molecule has 1 aromatic heterocycles. The van der Waals surface area contributed by atoms with E-state index in [1.54, 1.807) is 30.5 Å². The molecule has 17 heavy (non-hydrogen) atoms. The number of aliphatic hydroxyl groups is 1. The van der Waals surface area contributed by atoms with Gasteiger partial charge in [-0.15, -0.1) is 0 Å². The van der Waals surface area contributed by atoms with Crippen molar-refractivity contribution in [2.24, 2.45) is 0 Å². The van der Waals surface area contributed by atoms with Gasteiger partial charge in [0.1, 0.15) is 5.75 Å². The molecule has 2 aromatic rings. The molecular formula is C13H12ClNO2. The van der Waals surface area contributed by atoms with Crippen LogP contribution in [0.2, 0.25) is 5.02 Å². The summed E-state index contributed by atoms with van der Waals surface area (Å²) in [5.41, 5.74) is 1.65. The number of benzene rings is 1. The molecule has 0 saturated heterocycles. The number of nitrogens with zero attached hydrogens (tertiary/aromatic N) is 1. The van der Waals surface area contributed by atoms with Crippen molar-refractivity contribution in [3.05, 3.63) is 52.7 Å². The number of rotatable bonds is 3. The molecular weight excluding hydrogens is 238 g/mol. The van der Waals surface area contributed by atoms with Crippen LogP contribution < -0.4 is 4.74 Å². The molecule has 1 aromatic carbocycles. The Hall–Kier alpha value is -1.58. The van der Waals surface area contributed by atoms with E-state index in [4.69, 9.17) is 21.4 Å². The van der Waals surface area contributed by atoms with E-state index in [2.05, 4.69) is 4.98 Å². The first-order chi connectivity index (χ1) is 8.19. The van der Waals surface area contributed by atoms with Crippen LogP contribution in [0.25, 0.3) is 0 Å². The van der Waals surface area contributed by atoms with Gasteiger partial charge in [0.2, 0.25) is 5.88 Å². The quantitative estimate of drug-likeness (QED) is 0.907. The molecule has 0 atom stereocenters. The molecule has 0 fully saturated rings. The number of aromatic nitrogens is 1. The lowest BCUT2D eigenvalue weighted by Gasteiger charge is -2.08. The first kappa shape index (κ1) is 11.9. The topological polar surface area (TPSA) is 42.4 Å². The standard InChI is InChI=1S/C13H12ClNO2/c1-9-6-10(8-16)7-15-13(9)17-12-4-2-11(14)3-5-12/h2-7,16H,8H2,1H3. The van der Waals surface area contributed by atoms with Gasteiger partial charge in [-0.05, 0) is 42.8 Å². The van der Waals surface area contributed by atoms with Crippen LogP contribution in [-0.4, -0.2) is 10.1 Å². The lowest BCUT2D eigenvalue weighted by atomic mass is 10.2. The van der Waals surface area contributed by atoms with Gasteiger partial charge in [-0.3, -0.25) is 0 Å². The van der Waals surface area contributed by atoms with Crippen molar-refractivity contribution in [3.63, 3.8) is 0 Å². The fraction of sp³-hybridized carbons (Fsp3) is 0.154. The summed E-state index contributed by atoms with van der Waals surface area (Å²) in [4.78, 5) is 4.15. The van der Waals surface area contributed by atoms with Crippen molar-refractivity contribution in [3.8, 4) is 11.6 Å². The Morgan fingerprint density at radius 1 is 1.29 bits per heavy atom. The highest BCUT2D eigenvalue weighted by Gasteiger charge is 2.04. The molecule has 88 valence electrons. The molecule has 0 amide bonds. The summed E-state index contributed by atoms with van der Waals surface area (Å²) in [5.74, 6) is 1.21. The van der Waals surface area contributed by atoms with E-state index in [1.807, 2.05) is 13.0 Å². The largest absolute Gasteiger partial charge is 0.439 e. The second kappa shape index (κ2) is 5.17. The number of pyridine rings is 1. The van der Waals surface area contributed by atoms with E-state index in [0.717, 1.165) is 11.1 Å². The predicted molar refractivity (Wildman–Crippen MR) is 66.4 cm³/mol. The Balaban J connectivity index is 2.21. The molecule has 0 saturated carbocycles. The van der Waals surface area contributed by atoms with Gasteiger partial charge >= 0.3 is 0 Å². The molecule has 0 unspecified atom stereocenters. The van der Waals surface area contributed by atoms with Crippen LogP contribution in [0.1, 0.15) is 11.1 Å². The summed E-state index contributed by atoms with van der Waals surface area (Å²) in [6, 6.07) is 8.92. The van der Waals surface area contributed by atoms with Crippen molar-refractivity contribution in [1.82, 2.24) is 4.98 Å². The smallest absolute Gasteiger partial charge is 0.222 e. The van der Waals surface area contributed by atoms with Crippen LogP contribution in [0, 0.1) is 6.92 Å². The van der Waals surface area contributed by atoms with Gasteiger partial charge in [-0.1, -0.05) is 11.6 Å². The second-order valence-corrected chi connectivity index (χ2v) is 4.12. The Labute approximate surface area is 105 Å². The fourth-order valence-electron chi connectivity index (χ4n) is 1.43. The zero-order valence-electron chi connectivity index (χ0n) is 9.35. The zero-order chi connectivity index (χ0) is 12.3. The van der Waals surface area contributed by atoms with E-state index in [0.29, 0.717) is 16.7 Å². The number of hydrogen-bond acceptors (Lipinski definition) is 3.